The molecule has 20 heavy (non-hydrogen) atoms. The maximum Gasteiger partial charge on any atom is 0.255 e. The van der Waals surface area contributed by atoms with Crippen molar-refractivity contribution < 1.29 is 9.59 Å². The lowest BCUT2D eigenvalue weighted by Crippen LogP contribution is -2.44. The van der Waals surface area contributed by atoms with E-state index < -0.39 is 0 Å². The van der Waals surface area contributed by atoms with Gasteiger partial charge in [-0.15, -0.1) is 0 Å². The van der Waals surface area contributed by atoms with Crippen LogP contribution in [0.15, 0.2) is 22.7 Å². The Balaban J connectivity index is 2.25. The standard InChI is InChI=1S/C15H17BrClNO2/c1-10(19)8-12-4-2-3-7-18(12)15(20)13-9-11(17)5-6-14(13)16/h5-6,9,12H,2-4,7-8H2,1H3. The zero-order valence-electron chi connectivity index (χ0n) is 11.4. The fourth-order valence-electron chi connectivity index (χ4n) is 2.63. The van der Waals surface area contributed by atoms with Crippen molar-refractivity contribution in [1.29, 1.82) is 0 Å². The van der Waals surface area contributed by atoms with Crippen LogP contribution in [0.2, 0.25) is 5.02 Å². The van der Waals surface area contributed by atoms with E-state index >= 15 is 0 Å². The molecule has 0 N–H and O–H groups in total. The first-order valence-corrected chi connectivity index (χ1v) is 7.91. The van der Waals surface area contributed by atoms with E-state index in [0.29, 0.717) is 23.6 Å². The number of carbonyl (C=O) groups is 2. The van der Waals surface area contributed by atoms with E-state index in [9.17, 15) is 9.59 Å². The summed E-state index contributed by atoms with van der Waals surface area (Å²) in [7, 11) is 0. The number of benzene rings is 1. The smallest absolute Gasteiger partial charge is 0.255 e. The van der Waals surface area contributed by atoms with Crippen LogP contribution < -0.4 is 0 Å². The Morgan fingerprint density at radius 3 is 2.85 bits per heavy atom. The first-order valence-electron chi connectivity index (χ1n) is 6.74. The quantitative estimate of drug-likeness (QED) is 0.816. The van der Waals surface area contributed by atoms with Crippen LogP contribution in [0.4, 0.5) is 0 Å². The minimum Gasteiger partial charge on any atom is -0.335 e. The molecule has 1 amide bonds. The Kier molecular flexibility index (Phi) is 5.22. The number of Topliss-reactive ketones (excluding diaryl/α,β-unsaturated/α-hetero) is 1. The summed E-state index contributed by atoms with van der Waals surface area (Å²) in [4.78, 5) is 25.9. The second-order valence-corrected chi connectivity index (χ2v) is 6.47. The monoisotopic (exact) mass is 357 g/mol. The number of halogens is 2. The van der Waals surface area contributed by atoms with Crippen molar-refractivity contribution in [3.63, 3.8) is 0 Å². The molecule has 1 atom stereocenters. The molecular formula is C15H17BrClNO2. The van der Waals surface area contributed by atoms with Crippen LogP contribution in [-0.4, -0.2) is 29.2 Å². The lowest BCUT2D eigenvalue weighted by Gasteiger charge is -2.35. The van der Waals surface area contributed by atoms with Gasteiger partial charge in [-0.1, -0.05) is 11.6 Å². The molecule has 1 fully saturated rings. The predicted octanol–water partition coefficient (Wildman–Crippen LogP) is 4.08. The predicted molar refractivity (Wildman–Crippen MR) is 83.1 cm³/mol. The molecule has 108 valence electrons. The number of hydrogen-bond acceptors (Lipinski definition) is 2. The lowest BCUT2D eigenvalue weighted by molar-refractivity contribution is -0.118. The van der Waals surface area contributed by atoms with Crippen LogP contribution in [0.25, 0.3) is 0 Å². The molecule has 1 aromatic rings. The third kappa shape index (κ3) is 3.61. The fraction of sp³-hybridized carbons (Fsp3) is 0.467. The summed E-state index contributed by atoms with van der Waals surface area (Å²) in [6, 6.07) is 5.21. The van der Waals surface area contributed by atoms with Gasteiger partial charge in [-0.25, -0.2) is 0 Å². The minimum absolute atomic E-state index is 0.0135. The minimum atomic E-state index is -0.0506. The largest absolute Gasteiger partial charge is 0.335 e. The third-order valence-electron chi connectivity index (χ3n) is 3.57. The van der Waals surface area contributed by atoms with Gasteiger partial charge in [0.25, 0.3) is 5.91 Å². The van der Waals surface area contributed by atoms with Crippen molar-refractivity contribution in [2.45, 2.75) is 38.6 Å². The van der Waals surface area contributed by atoms with E-state index in [4.69, 9.17) is 11.6 Å². The number of hydrogen-bond donors (Lipinski definition) is 0. The van der Waals surface area contributed by atoms with Gasteiger partial charge in [-0.05, 0) is 60.3 Å². The van der Waals surface area contributed by atoms with E-state index in [1.807, 2.05) is 4.90 Å². The Bertz CT molecular complexity index is 533. The summed E-state index contributed by atoms with van der Waals surface area (Å²) in [6.07, 6.45) is 3.38. The molecule has 1 heterocycles. The second-order valence-electron chi connectivity index (χ2n) is 5.18. The zero-order chi connectivity index (χ0) is 14.7. The summed E-state index contributed by atoms with van der Waals surface area (Å²) in [5, 5.41) is 0.539. The molecule has 3 nitrogen and oxygen atoms in total. The van der Waals surface area contributed by atoms with Gasteiger partial charge in [0.15, 0.2) is 0 Å². The van der Waals surface area contributed by atoms with Crippen molar-refractivity contribution in [2.24, 2.45) is 0 Å². The SMILES string of the molecule is CC(=O)CC1CCCCN1C(=O)c1cc(Cl)ccc1Br. The molecule has 1 unspecified atom stereocenters. The van der Waals surface area contributed by atoms with Crippen molar-refractivity contribution in [3.05, 3.63) is 33.3 Å². The summed E-state index contributed by atoms with van der Waals surface area (Å²) >= 11 is 9.37. The third-order valence-corrected chi connectivity index (χ3v) is 4.50. The summed E-state index contributed by atoms with van der Waals surface area (Å²) < 4.78 is 0.735. The summed E-state index contributed by atoms with van der Waals surface area (Å²) in [5.41, 5.74) is 0.563. The Labute approximate surface area is 132 Å². The van der Waals surface area contributed by atoms with E-state index in [-0.39, 0.29) is 17.7 Å². The van der Waals surface area contributed by atoms with Gasteiger partial charge >= 0.3 is 0 Å². The normalized spacial score (nSPS) is 18.9. The average Bonchev–Trinajstić information content (AvgIpc) is 2.41. The highest BCUT2D eigenvalue weighted by atomic mass is 79.9. The van der Waals surface area contributed by atoms with Gasteiger partial charge in [0.2, 0.25) is 0 Å². The molecule has 1 aliphatic heterocycles. The zero-order valence-corrected chi connectivity index (χ0v) is 13.7. The second kappa shape index (κ2) is 6.72. The molecular weight excluding hydrogens is 342 g/mol. The van der Waals surface area contributed by atoms with Gasteiger partial charge in [0.05, 0.1) is 5.56 Å². The molecule has 0 aromatic heterocycles. The van der Waals surface area contributed by atoms with Crippen LogP contribution in [0, 0.1) is 0 Å². The van der Waals surface area contributed by atoms with Crippen molar-refractivity contribution in [3.8, 4) is 0 Å². The number of piperidine rings is 1. The van der Waals surface area contributed by atoms with Crippen molar-refractivity contribution in [2.75, 3.05) is 6.54 Å². The molecule has 0 saturated carbocycles. The van der Waals surface area contributed by atoms with Gasteiger partial charge in [-0.3, -0.25) is 9.59 Å². The van der Waals surface area contributed by atoms with Gasteiger partial charge in [0, 0.05) is 28.5 Å². The first-order chi connectivity index (χ1) is 9.49. The van der Waals surface area contributed by atoms with Crippen LogP contribution in [0.1, 0.15) is 43.0 Å². The van der Waals surface area contributed by atoms with Gasteiger partial charge in [-0.2, -0.15) is 0 Å². The molecule has 0 aliphatic carbocycles. The van der Waals surface area contributed by atoms with E-state index in [1.165, 1.54) is 0 Å². The number of nitrogens with zero attached hydrogens (tertiary/aromatic N) is 1. The number of amides is 1. The number of rotatable bonds is 3. The van der Waals surface area contributed by atoms with Crippen molar-refractivity contribution in [1.82, 2.24) is 4.90 Å². The Hall–Kier alpha value is -0.870. The molecule has 2 rings (SSSR count). The van der Waals surface area contributed by atoms with Crippen molar-refractivity contribution >= 4 is 39.2 Å². The molecule has 0 spiro atoms. The molecule has 5 heteroatoms. The van der Waals surface area contributed by atoms with E-state index in [2.05, 4.69) is 15.9 Å². The van der Waals surface area contributed by atoms with E-state index in [0.717, 1.165) is 23.7 Å². The lowest BCUT2D eigenvalue weighted by atomic mass is 9.97. The molecule has 0 bridgehead atoms. The molecule has 1 aromatic carbocycles. The topological polar surface area (TPSA) is 37.4 Å². The van der Waals surface area contributed by atoms with Crippen LogP contribution in [0.5, 0.6) is 0 Å². The molecule has 0 radical (unpaired) electrons. The fourth-order valence-corrected chi connectivity index (χ4v) is 3.22. The van der Waals surface area contributed by atoms with Crippen LogP contribution in [-0.2, 0) is 4.79 Å². The number of carbonyl (C=O) groups excluding carboxylic acids is 2. The first kappa shape index (κ1) is 15.5. The highest BCUT2D eigenvalue weighted by Crippen LogP contribution is 2.27. The Morgan fingerprint density at radius 1 is 1.40 bits per heavy atom. The molecule has 1 aliphatic rings. The maximum atomic E-state index is 12.7. The highest BCUT2D eigenvalue weighted by Gasteiger charge is 2.29. The molecule has 1 saturated heterocycles. The van der Waals surface area contributed by atoms with Crippen LogP contribution in [0.3, 0.4) is 0 Å². The van der Waals surface area contributed by atoms with Gasteiger partial charge in [0.1, 0.15) is 5.78 Å². The highest BCUT2D eigenvalue weighted by molar-refractivity contribution is 9.10. The average molecular weight is 359 g/mol. The Morgan fingerprint density at radius 2 is 2.15 bits per heavy atom. The van der Waals surface area contributed by atoms with Crippen LogP contribution >= 0.6 is 27.5 Å². The van der Waals surface area contributed by atoms with Gasteiger partial charge < -0.3 is 4.90 Å². The number of likely N-dealkylation sites (tertiary alicyclic amines) is 1. The van der Waals surface area contributed by atoms with E-state index in [1.54, 1.807) is 25.1 Å². The summed E-state index contributed by atoms with van der Waals surface area (Å²) in [5.74, 6) is 0.0742. The maximum absolute atomic E-state index is 12.7. The summed E-state index contributed by atoms with van der Waals surface area (Å²) in [6.45, 7) is 2.28. The number of ketones is 1.